The maximum absolute atomic E-state index is 10.5. The smallest absolute Gasteiger partial charge is 0.309 e. The van der Waals surface area contributed by atoms with Crippen LogP contribution in [0, 0.1) is 0 Å². The van der Waals surface area contributed by atoms with Gasteiger partial charge in [0.1, 0.15) is 0 Å². The molecule has 0 saturated carbocycles. The summed E-state index contributed by atoms with van der Waals surface area (Å²) in [5, 5.41) is 15.2. The number of carbonyl (C=O) groups is 1. The van der Waals surface area contributed by atoms with Crippen LogP contribution < -0.4 is 5.32 Å². The lowest BCUT2D eigenvalue weighted by Crippen LogP contribution is -2.23. The highest BCUT2D eigenvalue weighted by molar-refractivity contribution is 8.06. The van der Waals surface area contributed by atoms with E-state index in [9.17, 15) is 4.79 Å². The first-order valence-corrected chi connectivity index (χ1v) is 8.42. The van der Waals surface area contributed by atoms with E-state index in [0.29, 0.717) is 10.9 Å². The zero-order valence-corrected chi connectivity index (χ0v) is 11.7. The zero-order valence-electron chi connectivity index (χ0n) is 9.22. The summed E-state index contributed by atoms with van der Waals surface area (Å²) in [6.07, 6.45) is 0.00616. The van der Waals surface area contributed by atoms with E-state index >= 15 is 0 Å². The van der Waals surface area contributed by atoms with Crippen molar-refractivity contribution >= 4 is 46.0 Å². The Labute approximate surface area is 113 Å². The van der Waals surface area contributed by atoms with E-state index in [0.717, 1.165) is 11.7 Å². The van der Waals surface area contributed by atoms with Gasteiger partial charge in [-0.05, 0) is 0 Å². The molecule has 2 rings (SSSR count). The first-order chi connectivity index (χ1) is 8.24. The van der Waals surface area contributed by atoms with E-state index in [1.165, 1.54) is 28.6 Å². The molecule has 94 valence electrons. The maximum Gasteiger partial charge on any atom is 0.309 e. The molecule has 17 heavy (non-hydrogen) atoms. The fourth-order valence-electron chi connectivity index (χ4n) is 1.48. The largest absolute Gasteiger partial charge is 0.481 e. The lowest BCUT2D eigenvalue weighted by atomic mass is 10.3. The maximum atomic E-state index is 10.5. The number of anilines is 1. The average Bonchev–Trinajstić information content (AvgIpc) is 2.75. The number of thiazole rings is 1. The van der Waals surface area contributed by atoms with Crippen molar-refractivity contribution in [3.8, 4) is 0 Å². The number of nitrogens with one attached hydrogen (secondary N) is 1. The van der Waals surface area contributed by atoms with Crippen molar-refractivity contribution in [1.29, 1.82) is 0 Å². The first-order valence-electron chi connectivity index (χ1n) is 5.33. The highest BCUT2D eigenvalue weighted by atomic mass is 32.2. The SMILES string of the molecule is O=C(O)Cc1csc(NCC2CSCCS2)n1. The predicted octanol–water partition coefficient (Wildman–Crippen LogP) is 2.03. The van der Waals surface area contributed by atoms with Crippen molar-refractivity contribution in [2.75, 3.05) is 29.1 Å². The highest BCUT2D eigenvalue weighted by Crippen LogP contribution is 2.25. The topological polar surface area (TPSA) is 62.2 Å². The molecule has 1 atom stereocenters. The molecule has 0 amide bonds. The molecule has 1 fully saturated rings. The molecule has 4 nitrogen and oxygen atoms in total. The molecular weight excluding hydrogens is 276 g/mol. The number of rotatable bonds is 5. The Bertz CT molecular complexity index is 377. The van der Waals surface area contributed by atoms with Crippen LogP contribution in [0.2, 0.25) is 0 Å². The molecule has 1 unspecified atom stereocenters. The summed E-state index contributed by atoms with van der Waals surface area (Å²) in [4.78, 5) is 14.8. The number of carboxylic acids is 1. The molecule has 0 aliphatic carbocycles. The summed E-state index contributed by atoms with van der Waals surface area (Å²) >= 11 is 5.47. The van der Waals surface area contributed by atoms with Gasteiger partial charge < -0.3 is 10.4 Å². The monoisotopic (exact) mass is 290 g/mol. The van der Waals surface area contributed by atoms with E-state index in [2.05, 4.69) is 10.3 Å². The van der Waals surface area contributed by atoms with Crippen molar-refractivity contribution < 1.29 is 9.90 Å². The number of thioether (sulfide) groups is 2. The van der Waals surface area contributed by atoms with Crippen LogP contribution in [0.5, 0.6) is 0 Å². The minimum absolute atomic E-state index is 0.00616. The number of aliphatic carboxylic acids is 1. The Kier molecular flexibility index (Phi) is 4.99. The van der Waals surface area contributed by atoms with Gasteiger partial charge in [-0.2, -0.15) is 23.5 Å². The number of hydrogen-bond acceptors (Lipinski definition) is 6. The second kappa shape index (κ2) is 6.51. The van der Waals surface area contributed by atoms with Gasteiger partial charge in [0.05, 0.1) is 12.1 Å². The predicted molar refractivity (Wildman–Crippen MR) is 75.5 cm³/mol. The van der Waals surface area contributed by atoms with Gasteiger partial charge >= 0.3 is 5.97 Å². The van der Waals surface area contributed by atoms with Crippen molar-refractivity contribution in [2.24, 2.45) is 0 Å². The van der Waals surface area contributed by atoms with Crippen molar-refractivity contribution in [1.82, 2.24) is 4.98 Å². The van der Waals surface area contributed by atoms with Crippen LogP contribution >= 0.6 is 34.9 Å². The molecule has 0 spiro atoms. The minimum atomic E-state index is -0.832. The summed E-state index contributed by atoms with van der Waals surface area (Å²) in [5.74, 6) is 2.83. The van der Waals surface area contributed by atoms with Crippen molar-refractivity contribution in [3.05, 3.63) is 11.1 Å². The lowest BCUT2D eigenvalue weighted by Gasteiger charge is -2.20. The molecule has 7 heteroatoms. The van der Waals surface area contributed by atoms with Crippen LogP contribution in [0.25, 0.3) is 0 Å². The van der Waals surface area contributed by atoms with Crippen LogP contribution in [-0.4, -0.2) is 45.1 Å². The molecule has 0 aromatic carbocycles. The van der Waals surface area contributed by atoms with E-state index in [1.54, 1.807) is 5.38 Å². The molecular formula is C10H14N2O2S3. The number of carboxylic acid groups (broad SMARTS) is 1. The van der Waals surface area contributed by atoms with Gasteiger partial charge in [-0.1, -0.05) is 0 Å². The Hall–Kier alpha value is -0.400. The normalized spacial score (nSPS) is 20.1. The summed E-state index contributed by atoms with van der Waals surface area (Å²) in [6.45, 7) is 0.914. The molecule has 2 N–H and O–H groups in total. The molecule has 1 aromatic heterocycles. The number of nitrogens with zero attached hydrogens (tertiary/aromatic N) is 1. The van der Waals surface area contributed by atoms with Crippen LogP contribution in [-0.2, 0) is 11.2 Å². The molecule has 0 bridgehead atoms. The fraction of sp³-hybridized carbons (Fsp3) is 0.600. The van der Waals surface area contributed by atoms with Gasteiger partial charge in [0, 0.05) is 34.4 Å². The fourth-order valence-corrected chi connectivity index (χ4v) is 4.81. The molecule has 1 aliphatic heterocycles. The zero-order chi connectivity index (χ0) is 12.1. The second-order valence-electron chi connectivity index (χ2n) is 3.66. The van der Waals surface area contributed by atoms with Gasteiger partial charge in [-0.3, -0.25) is 4.79 Å². The molecule has 1 saturated heterocycles. The van der Waals surface area contributed by atoms with Crippen LogP contribution in [0.4, 0.5) is 5.13 Å². The molecule has 1 aliphatic rings. The van der Waals surface area contributed by atoms with Crippen molar-refractivity contribution in [2.45, 2.75) is 11.7 Å². The molecule has 0 radical (unpaired) electrons. The van der Waals surface area contributed by atoms with Crippen LogP contribution in [0.15, 0.2) is 5.38 Å². The molecule has 2 heterocycles. The van der Waals surface area contributed by atoms with Gasteiger partial charge in [-0.15, -0.1) is 11.3 Å². The van der Waals surface area contributed by atoms with Gasteiger partial charge in [0.25, 0.3) is 0 Å². The third-order valence-corrected chi connectivity index (χ3v) is 5.94. The third-order valence-electron chi connectivity index (χ3n) is 2.25. The second-order valence-corrected chi connectivity index (χ2v) is 7.08. The van der Waals surface area contributed by atoms with E-state index in [-0.39, 0.29) is 6.42 Å². The van der Waals surface area contributed by atoms with E-state index in [1.807, 2.05) is 23.5 Å². The van der Waals surface area contributed by atoms with Crippen molar-refractivity contribution in [3.63, 3.8) is 0 Å². The molecule has 1 aromatic rings. The highest BCUT2D eigenvalue weighted by Gasteiger charge is 2.14. The number of hydrogen-bond donors (Lipinski definition) is 2. The Morgan fingerprint density at radius 3 is 3.18 bits per heavy atom. The summed E-state index contributed by atoms with van der Waals surface area (Å²) in [5.41, 5.74) is 0.635. The van der Waals surface area contributed by atoms with E-state index in [4.69, 9.17) is 5.11 Å². The standard InChI is InChI=1S/C10H14N2O2S3/c13-9(14)3-7-5-17-10(12-7)11-4-8-6-15-1-2-16-8/h5,8H,1-4,6H2,(H,11,12)(H,13,14). The lowest BCUT2D eigenvalue weighted by molar-refractivity contribution is -0.136. The summed E-state index contributed by atoms with van der Waals surface area (Å²) in [6, 6.07) is 0. The minimum Gasteiger partial charge on any atom is -0.481 e. The van der Waals surface area contributed by atoms with Gasteiger partial charge in [0.2, 0.25) is 0 Å². The third kappa shape index (κ3) is 4.40. The summed E-state index contributed by atoms with van der Waals surface area (Å²) < 4.78 is 0. The quantitative estimate of drug-likeness (QED) is 0.865. The first kappa shape index (κ1) is 13.0. The van der Waals surface area contributed by atoms with E-state index < -0.39 is 5.97 Å². The Morgan fingerprint density at radius 1 is 1.59 bits per heavy atom. The summed E-state index contributed by atoms with van der Waals surface area (Å²) in [7, 11) is 0. The van der Waals surface area contributed by atoms with Crippen LogP contribution in [0.3, 0.4) is 0 Å². The van der Waals surface area contributed by atoms with Crippen LogP contribution in [0.1, 0.15) is 5.69 Å². The van der Waals surface area contributed by atoms with Gasteiger partial charge in [0.15, 0.2) is 5.13 Å². The number of aromatic nitrogens is 1. The Morgan fingerprint density at radius 2 is 2.47 bits per heavy atom. The van der Waals surface area contributed by atoms with Gasteiger partial charge in [-0.25, -0.2) is 4.98 Å². The average molecular weight is 290 g/mol. The Balaban J connectivity index is 1.78.